The van der Waals surface area contributed by atoms with E-state index in [0.29, 0.717) is 28.3 Å². The van der Waals surface area contributed by atoms with Crippen molar-refractivity contribution in [2.45, 2.75) is 13.5 Å². The molecule has 1 aromatic carbocycles. The number of ether oxygens (including phenoxy) is 2. The van der Waals surface area contributed by atoms with Crippen molar-refractivity contribution in [2.75, 3.05) is 14.2 Å². The van der Waals surface area contributed by atoms with Crippen molar-refractivity contribution in [1.29, 1.82) is 0 Å². The summed E-state index contributed by atoms with van der Waals surface area (Å²) in [5.74, 6) is 0.710. The Morgan fingerprint density at radius 2 is 1.96 bits per heavy atom. The van der Waals surface area contributed by atoms with Gasteiger partial charge in [-0.3, -0.25) is 4.79 Å². The number of rotatable bonds is 4. The highest BCUT2D eigenvalue weighted by Crippen LogP contribution is 2.32. The molecule has 132 valence electrons. The zero-order valence-electron chi connectivity index (χ0n) is 14.5. The molecule has 0 radical (unpaired) electrons. The fraction of sp³-hybridized carbons (Fsp3) is 0.222. The molecule has 0 spiro atoms. The number of nitrogens with zero attached hydrogens (tertiary/aromatic N) is 4. The third-order valence-electron chi connectivity index (χ3n) is 4.08. The van der Waals surface area contributed by atoms with Gasteiger partial charge in [0.15, 0.2) is 0 Å². The lowest BCUT2D eigenvalue weighted by atomic mass is 10.1. The number of aryl methyl sites for hydroxylation is 1. The van der Waals surface area contributed by atoms with Gasteiger partial charge >= 0.3 is 0 Å². The summed E-state index contributed by atoms with van der Waals surface area (Å²) in [6.45, 7) is 2.35. The zero-order valence-corrected chi connectivity index (χ0v) is 15.3. The number of thiophene rings is 1. The van der Waals surface area contributed by atoms with E-state index in [0.717, 1.165) is 21.5 Å². The summed E-state index contributed by atoms with van der Waals surface area (Å²) in [6.07, 6.45) is 0. The van der Waals surface area contributed by atoms with E-state index in [1.165, 1.54) is 16.0 Å². The summed E-state index contributed by atoms with van der Waals surface area (Å²) in [5.41, 5.74) is 2.81. The van der Waals surface area contributed by atoms with Crippen LogP contribution in [0.2, 0.25) is 0 Å². The van der Waals surface area contributed by atoms with Crippen LogP contribution in [0, 0.1) is 6.92 Å². The molecule has 0 aliphatic rings. The second-order valence-electron chi connectivity index (χ2n) is 5.82. The van der Waals surface area contributed by atoms with Crippen LogP contribution in [0.25, 0.3) is 26.1 Å². The first-order valence-corrected chi connectivity index (χ1v) is 8.76. The van der Waals surface area contributed by atoms with Crippen LogP contribution in [0.3, 0.4) is 0 Å². The van der Waals surface area contributed by atoms with Gasteiger partial charge in [0.2, 0.25) is 0 Å². The van der Waals surface area contributed by atoms with Gasteiger partial charge in [0.05, 0.1) is 19.4 Å². The summed E-state index contributed by atoms with van der Waals surface area (Å²) in [5, 5.41) is 9.28. The summed E-state index contributed by atoms with van der Waals surface area (Å²) >= 11 is 1.33. The molecule has 4 aromatic rings. The van der Waals surface area contributed by atoms with Crippen LogP contribution in [0.15, 0.2) is 35.1 Å². The maximum Gasteiger partial charge on any atom is 0.292 e. The van der Waals surface area contributed by atoms with Crippen LogP contribution in [-0.2, 0) is 11.3 Å². The van der Waals surface area contributed by atoms with Gasteiger partial charge in [-0.15, -0.1) is 16.4 Å². The Morgan fingerprint density at radius 3 is 2.65 bits per heavy atom. The van der Waals surface area contributed by atoms with E-state index in [4.69, 9.17) is 9.47 Å². The van der Waals surface area contributed by atoms with Gasteiger partial charge in [-0.1, -0.05) is 5.21 Å². The second-order valence-corrected chi connectivity index (χ2v) is 6.82. The zero-order chi connectivity index (χ0) is 18.3. The number of fused-ring (bicyclic) bond motifs is 3. The summed E-state index contributed by atoms with van der Waals surface area (Å²) in [4.78, 5) is 18.3. The molecule has 0 saturated heterocycles. The van der Waals surface area contributed by atoms with Gasteiger partial charge in [0.1, 0.15) is 20.8 Å². The fourth-order valence-corrected chi connectivity index (χ4v) is 4.05. The minimum absolute atomic E-state index is 0.218. The van der Waals surface area contributed by atoms with Crippen molar-refractivity contribution in [1.82, 2.24) is 20.0 Å². The number of hydrogen-bond acceptors (Lipinski definition) is 7. The van der Waals surface area contributed by atoms with Gasteiger partial charge in [0.25, 0.3) is 5.56 Å². The molecule has 7 nitrogen and oxygen atoms in total. The Hall–Kier alpha value is -2.84. The summed E-state index contributed by atoms with van der Waals surface area (Å²) in [7, 11) is 3.23. The van der Waals surface area contributed by atoms with Gasteiger partial charge < -0.3 is 9.47 Å². The first-order chi connectivity index (χ1) is 12.6. The molecular formula is C18H16N4O3S. The quantitative estimate of drug-likeness (QED) is 0.551. The Morgan fingerprint density at radius 1 is 1.19 bits per heavy atom. The van der Waals surface area contributed by atoms with E-state index in [2.05, 4.69) is 15.3 Å². The van der Waals surface area contributed by atoms with Crippen molar-refractivity contribution < 1.29 is 9.47 Å². The van der Waals surface area contributed by atoms with E-state index in [1.54, 1.807) is 38.5 Å². The van der Waals surface area contributed by atoms with Crippen LogP contribution in [0.5, 0.6) is 5.75 Å². The minimum Gasteiger partial charge on any atom is -0.497 e. The third kappa shape index (κ3) is 2.63. The molecule has 0 atom stereocenters. The summed E-state index contributed by atoms with van der Waals surface area (Å²) < 4.78 is 12.3. The first-order valence-electron chi connectivity index (χ1n) is 7.94. The van der Waals surface area contributed by atoms with E-state index in [9.17, 15) is 4.79 Å². The smallest absolute Gasteiger partial charge is 0.292 e. The molecule has 3 heterocycles. The molecule has 3 aromatic heterocycles. The second kappa shape index (κ2) is 6.47. The van der Waals surface area contributed by atoms with E-state index >= 15 is 0 Å². The molecule has 8 heteroatoms. The van der Waals surface area contributed by atoms with Crippen LogP contribution >= 0.6 is 11.3 Å². The van der Waals surface area contributed by atoms with Crippen molar-refractivity contribution in [3.63, 3.8) is 0 Å². The lowest BCUT2D eigenvalue weighted by Gasteiger charge is -2.05. The molecule has 4 rings (SSSR count). The maximum absolute atomic E-state index is 13.0. The molecule has 26 heavy (non-hydrogen) atoms. The molecule has 0 unspecified atom stereocenters. The average molecular weight is 368 g/mol. The molecule has 0 aliphatic carbocycles. The standard InChI is InChI=1S/C18H16N4O3S/c1-10-8-11(9-24-2)14-15-16(26-17(14)19-10)18(23)22(21-20-15)12-4-6-13(25-3)7-5-12/h4-8H,9H2,1-3H3. The summed E-state index contributed by atoms with van der Waals surface area (Å²) in [6, 6.07) is 9.05. The van der Waals surface area contributed by atoms with Crippen LogP contribution < -0.4 is 10.3 Å². The Labute approximate surface area is 152 Å². The first kappa shape index (κ1) is 16.6. The third-order valence-corrected chi connectivity index (χ3v) is 5.15. The molecule has 0 saturated carbocycles. The molecule has 0 bridgehead atoms. The van der Waals surface area contributed by atoms with Crippen molar-refractivity contribution in [3.05, 3.63) is 51.9 Å². The van der Waals surface area contributed by atoms with Crippen LogP contribution in [0.4, 0.5) is 0 Å². The fourth-order valence-electron chi connectivity index (χ4n) is 2.92. The highest BCUT2D eigenvalue weighted by Gasteiger charge is 2.17. The Bertz CT molecular complexity index is 1170. The van der Waals surface area contributed by atoms with Crippen molar-refractivity contribution in [3.8, 4) is 11.4 Å². The lowest BCUT2D eigenvalue weighted by Crippen LogP contribution is -2.21. The van der Waals surface area contributed by atoms with Gasteiger partial charge in [-0.2, -0.15) is 4.68 Å². The Balaban J connectivity index is 1.97. The van der Waals surface area contributed by atoms with Gasteiger partial charge in [0, 0.05) is 18.2 Å². The average Bonchev–Trinajstić information content (AvgIpc) is 3.02. The monoisotopic (exact) mass is 368 g/mol. The SMILES string of the molecule is COCc1cc(C)nc2sc3c(=O)n(-c4ccc(OC)cc4)nnc3c12. The molecule has 0 aliphatic heterocycles. The number of aromatic nitrogens is 4. The van der Waals surface area contributed by atoms with E-state index in [-0.39, 0.29) is 5.56 Å². The minimum atomic E-state index is -0.218. The Kier molecular flexibility index (Phi) is 4.14. The van der Waals surface area contributed by atoms with Crippen molar-refractivity contribution >= 4 is 31.8 Å². The lowest BCUT2D eigenvalue weighted by molar-refractivity contribution is 0.186. The number of hydrogen-bond donors (Lipinski definition) is 0. The largest absolute Gasteiger partial charge is 0.497 e. The number of pyridine rings is 1. The van der Waals surface area contributed by atoms with Crippen LogP contribution in [-0.4, -0.2) is 34.2 Å². The predicted octanol–water partition coefficient (Wildman–Crippen LogP) is 2.85. The molecule has 0 N–H and O–H groups in total. The molecule has 0 amide bonds. The van der Waals surface area contributed by atoms with Gasteiger partial charge in [-0.25, -0.2) is 4.98 Å². The van der Waals surface area contributed by atoms with Gasteiger partial charge in [-0.05, 0) is 42.8 Å². The number of methoxy groups -OCH3 is 2. The maximum atomic E-state index is 13.0. The van der Waals surface area contributed by atoms with Crippen LogP contribution in [0.1, 0.15) is 11.3 Å². The van der Waals surface area contributed by atoms with E-state index < -0.39 is 0 Å². The highest BCUT2D eigenvalue weighted by atomic mass is 32.1. The number of benzene rings is 1. The van der Waals surface area contributed by atoms with E-state index in [1.807, 2.05) is 13.0 Å². The van der Waals surface area contributed by atoms with Crippen molar-refractivity contribution in [2.24, 2.45) is 0 Å². The molecular weight excluding hydrogens is 352 g/mol. The molecule has 0 fully saturated rings. The topological polar surface area (TPSA) is 79.1 Å². The predicted molar refractivity (Wildman–Crippen MR) is 100 cm³/mol. The highest BCUT2D eigenvalue weighted by molar-refractivity contribution is 7.25. The normalized spacial score (nSPS) is 11.3.